The van der Waals surface area contributed by atoms with Gasteiger partial charge in [0.05, 0.1) is 0 Å². The number of unbranched alkanes of at least 4 members (excludes halogenated alkanes) is 3. The van der Waals surface area contributed by atoms with E-state index >= 15 is 0 Å². The number of aromatic nitrogens is 2. The van der Waals surface area contributed by atoms with Crippen molar-refractivity contribution in [2.75, 3.05) is 0 Å². The van der Waals surface area contributed by atoms with E-state index in [1.807, 2.05) is 12.3 Å². The molecule has 0 spiro atoms. The maximum Gasteiger partial charge on any atom is 0.108 e. The van der Waals surface area contributed by atoms with E-state index in [2.05, 4.69) is 29.3 Å². The Morgan fingerprint density at radius 2 is 2.29 bits per heavy atom. The zero-order valence-electron chi connectivity index (χ0n) is 9.08. The Morgan fingerprint density at radius 3 is 3.00 bits per heavy atom. The Bertz CT molecular complexity index is 263. The molecule has 1 aromatic heterocycles. The number of rotatable bonds is 7. The second-order valence-corrected chi connectivity index (χ2v) is 3.53. The molecule has 0 saturated carbocycles. The van der Waals surface area contributed by atoms with Crippen LogP contribution in [0.3, 0.4) is 0 Å². The van der Waals surface area contributed by atoms with Gasteiger partial charge in [-0.25, -0.2) is 4.98 Å². The monoisotopic (exact) mass is 192 g/mol. The Morgan fingerprint density at radius 1 is 1.43 bits per heavy atom. The van der Waals surface area contributed by atoms with Gasteiger partial charge in [-0.05, 0) is 19.3 Å². The van der Waals surface area contributed by atoms with Crippen molar-refractivity contribution >= 4 is 0 Å². The molecule has 1 rings (SSSR count). The van der Waals surface area contributed by atoms with E-state index < -0.39 is 0 Å². The second kappa shape index (κ2) is 6.41. The van der Waals surface area contributed by atoms with Gasteiger partial charge in [-0.15, -0.1) is 6.58 Å². The summed E-state index contributed by atoms with van der Waals surface area (Å²) in [6, 6.07) is 0. The predicted molar refractivity (Wildman–Crippen MR) is 60.3 cm³/mol. The molecular formula is C12H20N2. The molecule has 0 radical (unpaired) electrons. The quantitative estimate of drug-likeness (QED) is 0.479. The molecule has 0 atom stereocenters. The highest BCUT2D eigenvalue weighted by Gasteiger charge is 1.98. The highest BCUT2D eigenvalue weighted by atomic mass is 15.1. The maximum absolute atomic E-state index is 4.30. The topological polar surface area (TPSA) is 17.8 Å². The highest BCUT2D eigenvalue weighted by Crippen LogP contribution is 2.05. The minimum Gasteiger partial charge on any atom is -0.335 e. The third kappa shape index (κ3) is 3.36. The van der Waals surface area contributed by atoms with Crippen molar-refractivity contribution in [2.45, 2.75) is 45.6 Å². The summed E-state index contributed by atoms with van der Waals surface area (Å²) in [6.07, 6.45) is 11.9. The first-order valence-electron chi connectivity index (χ1n) is 5.49. The van der Waals surface area contributed by atoms with Crippen molar-refractivity contribution in [3.05, 3.63) is 30.9 Å². The van der Waals surface area contributed by atoms with Crippen LogP contribution in [-0.2, 0) is 13.0 Å². The molecule has 2 nitrogen and oxygen atoms in total. The molecule has 0 aliphatic carbocycles. The minimum atomic E-state index is 1.03. The zero-order chi connectivity index (χ0) is 10.2. The zero-order valence-corrected chi connectivity index (χ0v) is 9.08. The van der Waals surface area contributed by atoms with E-state index in [0.717, 1.165) is 19.4 Å². The van der Waals surface area contributed by atoms with E-state index in [4.69, 9.17) is 0 Å². The summed E-state index contributed by atoms with van der Waals surface area (Å²) in [5.74, 6) is 1.20. The van der Waals surface area contributed by atoms with Gasteiger partial charge < -0.3 is 4.57 Å². The second-order valence-electron chi connectivity index (χ2n) is 3.53. The van der Waals surface area contributed by atoms with Crippen molar-refractivity contribution < 1.29 is 0 Å². The molecule has 0 fully saturated rings. The molecule has 14 heavy (non-hydrogen) atoms. The lowest BCUT2D eigenvalue weighted by Crippen LogP contribution is -2.01. The van der Waals surface area contributed by atoms with Crippen molar-refractivity contribution in [1.82, 2.24) is 9.55 Å². The molecule has 0 aliphatic heterocycles. The van der Waals surface area contributed by atoms with Crippen LogP contribution in [0.15, 0.2) is 25.0 Å². The number of imidazole rings is 1. The molecule has 0 aliphatic rings. The lowest BCUT2D eigenvalue weighted by atomic mass is 10.2. The summed E-state index contributed by atoms with van der Waals surface area (Å²) in [4.78, 5) is 4.30. The van der Waals surface area contributed by atoms with Crippen LogP contribution in [0.5, 0.6) is 0 Å². The predicted octanol–water partition coefficient (Wildman–Crippen LogP) is 3.19. The first-order valence-corrected chi connectivity index (χ1v) is 5.49. The molecule has 0 N–H and O–H groups in total. The Kier molecular flexibility index (Phi) is 5.05. The average molecular weight is 192 g/mol. The lowest BCUT2D eigenvalue weighted by molar-refractivity contribution is 0.573. The van der Waals surface area contributed by atoms with Gasteiger partial charge in [0.1, 0.15) is 5.82 Å². The summed E-state index contributed by atoms with van der Waals surface area (Å²) < 4.78 is 2.26. The van der Waals surface area contributed by atoms with Crippen molar-refractivity contribution in [2.24, 2.45) is 0 Å². The van der Waals surface area contributed by atoms with Crippen LogP contribution in [0.25, 0.3) is 0 Å². The van der Waals surface area contributed by atoms with Crippen molar-refractivity contribution in [1.29, 1.82) is 0 Å². The van der Waals surface area contributed by atoms with Crippen molar-refractivity contribution in [3.8, 4) is 0 Å². The Balaban J connectivity index is 2.20. The van der Waals surface area contributed by atoms with Gasteiger partial charge >= 0.3 is 0 Å². The fourth-order valence-corrected chi connectivity index (χ4v) is 1.61. The van der Waals surface area contributed by atoms with Crippen LogP contribution in [0, 0.1) is 0 Å². The van der Waals surface area contributed by atoms with E-state index in [1.165, 1.54) is 25.1 Å². The summed E-state index contributed by atoms with van der Waals surface area (Å²) in [6.45, 7) is 6.98. The molecule has 0 unspecified atom stereocenters. The molecule has 1 heterocycles. The summed E-state index contributed by atoms with van der Waals surface area (Å²) in [7, 11) is 0. The van der Waals surface area contributed by atoms with Crippen molar-refractivity contribution in [3.63, 3.8) is 0 Å². The molecular weight excluding hydrogens is 172 g/mol. The van der Waals surface area contributed by atoms with Gasteiger partial charge in [0.15, 0.2) is 0 Å². The van der Waals surface area contributed by atoms with Gasteiger partial charge in [0, 0.05) is 25.4 Å². The fraction of sp³-hybridized carbons (Fsp3) is 0.583. The molecule has 2 heteroatoms. The van der Waals surface area contributed by atoms with Gasteiger partial charge in [-0.2, -0.15) is 0 Å². The largest absolute Gasteiger partial charge is 0.335 e. The normalized spacial score (nSPS) is 10.4. The van der Waals surface area contributed by atoms with E-state index in [1.54, 1.807) is 0 Å². The van der Waals surface area contributed by atoms with Gasteiger partial charge in [0.2, 0.25) is 0 Å². The molecule has 0 bridgehead atoms. The SMILES string of the molecule is C=CCCCCCn1ccnc1CC. The minimum absolute atomic E-state index is 1.03. The van der Waals surface area contributed by atoms with Gasteiger partial charge in [0.25, 0.3) is 0 Å². The van der Waals surface area contributed by atoms with Crippen LogP contribution < -0.4 is 0 Å². The first kappa shape index (κ1) is 11.0. The molecule has 78 valence electrons. The number of hydrogen-bond donors (Lipinski definition) is 0. The molecule has 0 amide bonds. The number of nitrogens with zero attached hydrogens (tertiary/aromatic N) is 2. The van der Waals surface area contributed by atoms with Gasteiger partial charge in [-0.1, -0.05) is 19.4 Å². The smallest absolute Gasteiger partial charge is 0.108 e. The van der Waals surface area contributed by atoms with Crippen LogP contribution >= 0.6 is 0 Å². The molecule has 1 aromatic rings. The molecule has 0 saturated heterocycles. The van der Waals surface area contributed by atoms with Crippen LogP contribution in [0.1, 0.15) is 38.4 Å². The van der Waals surface area contributed by atoms with Crippen LogP contribution in [-0.4, -0.2) is 9.55 Å². The van der Waals surface area contributed by atoms with E-state index in [0.29, 0.717) is 0 Å². The Labute approximate surface area is 86.7 Å². The summed E-state index contributed by atoms with van der Waals surface area (Å²) in [5, 5.41) is 0. The Hall–Kier alpha value is -1.05. The maximum atomic E-state index is 4.30. The number of aryl methyl sites for hydroxylation is 2. The number of allylic oxidation sites excluding steroid dienone is 1. The number of hydrogen-bond acceptors (Lipinski definition) is 1. The fourth-order valence-electron chi connectivity index (χ4n) is 1.61. The molecule has 0 aromatic carbocycles. The average Bonchev–Trinajstić information content (AvgIpc) is 2.65. The standard InChI is InChI=1S/C12H20N2/c1-3-5-6-7-8-10-14-11-9-13-12(14)4-2/h3,9,11H,1,4-8,10H2,2H3. The first-order chi connectivity index (χ1) is 6.88. The summed E-state index contributed by atoms with van der Waals surface area (Å²) in [5.41, 5.74) is 0. The summed E-state index contributed by atoms with van der Waals surface area (Å²) >= 11 is 0. The van der Waals surface area contributed by atoms with E-state index in [9.17, 15) is 0 Å². The highest BCUT2D eigenvalue weighted by molar-refractivity contribution is 4.91. The van der Waals surface area contributed by atoms with Crippen LogP contribution in [0.4, 0.5) is 0 Å². The van der Waals surface area contributed by atoms with E-state index in [-0.39, 0.29) is 0 Å². The third-order valence-corrected chi connectivity index (χ3v) is 2.43. The third-order valence-electron chi connectivity index (χ3n) is 2.43. The lowest BCUT2D eigenvalue weighted by Gasteiger charge is -2.05. The van der Waals surface area contributed by atoms with Crippen LogP contribution in [0.2, 0.25) is 0 Å². The van der Waals surface area contributed by atoms with Gasteiger partial charge in [-0.3, -0.25) is 0 Å².